The largest absolute Gasteiger partial charge is 0.308 e. The van der Waals surface area contributed by atoms with Crippen LogP contribution < -0.4 is 5.32 Å². The van der Waals surface area contributed by atoms with E-state index in [0.717, 1.165) is 23.3 Å². The molecular formula is C17H18FN3. The standard InChI is InChI=1S/C17H18FN3/c1-13(9-14-5-4-6-15(18)10-14)19-11-16-12-21-8-3-2-7-17(21)20-16/h2-8,10,12-13,19H,9,11H2,1H3. The molecule has 0 spiro atoms. The van der Waals surface area contributed by atoms with Gasteiger partial charge >= 0.3 is 0 Å². The average molecular weight is 283 g/mol. The van der Waals surface area contributed by atoms with E-state index >= 15 is 0 Å². The Kier molecular flexibility index (Phi) is 3.97. The predicted molar refractivity (Wildman–Crippen MR) is 81.6 cm³/mol. The molecule has 0 aliphatic rings. The van der Waals surface area contributed by atoms with E-state index in [-0.39, 0.29) is 11.9 Å². The molecule has 1 atom stereocenters. The molecule has 2 heterocycles. The normalized spacial score (nSPS) is 12.7. The summed E-state index contributed by atoms with van der Waals surface area (Å²) in [5, 5.41) is 3.43. The maximum Gasteiger partial charge on any atom is 0.137 e. The lowest BCUT2D eigenvalue weighted by Crippen LogP contribution is -2.27. The Morgan fingerprint density at radius 1 is 1.24 bits per heavy atom. The van der Waals surface area contributed by atoms with Crippen LogP contribution in [0.25, 0.3) is 5.65 Å². The quantitative estimate of drug-likeness (QED) is 0.779. The van der Waals surface area contributed by atoms with Crippen LogP contribution in [0, 0.1) is 5.82 Å². The van der Waals surface area contributed by atoms with Crippen LogP contribution in [0.4, 0.5) is 4.39 Å². The summed E-state index contributed by atoms with van der Waals surface area (Å²) in [6.45, 7) is 2.80. The van der Waals surface area contributed by atoms with Crippen LogP contribution in [0.3, 0.4) is 0 Å². The van der Waals surface area contributed by atoms with Gasteiger partial charge in [-0.2, -0.15) is 0 Å². The molecule has 3 aromatic rings. The molecule has 0 radical (unpaired) electrons. The highest BCUT2D eigenvalue weighted by atomic mass is 19.1. The van der Waals surface area contributed by atoms with Crippen molar-refractivity contribution in [3.63, 3.8) is 0 Å². The molecule has 0 fully saturated rings. The number of benzene rings is 1. The lowest BCUT2D eigenvalue weighted by molar-refractivity contribution is 0.538. The molecule has 0 amide bonds. The minimum absolute atomic E-state index is 0.181. The zero-order valence-corrected chi connectivity index (χ0v) is 12.0. The molecule has 4 heteroatoms. The zero-order chi connectivity index (χ0) is 14.7. The minimum atomic E-state index is -0.181. The van der Waals surface area contributed by atoms with E-state index in [1.807, 2.05) is 41.1 Å². The number of nitrogens with zero attached hydrogens (tertiary/aromatic N) is 2. The Labute approximate surface area is 123 Å². The number of pyridine rings is 1. The van der Waals surface area contributed by atoms with Crippen molar-refractivity contribution in [2.24, 2.45) is 0 Å². The van der Waals surface area contributed by atoms with Gasteiger partial charge in [0.2, 0.25) is 0 Å². The SMILES string of the molecule is CC(Cc1cccc(F)c1)NCc1cn2ccccc2n1. The van der Waals surface area contributed by atoms with E-state index in [0.29, 0.717) is 6.54 Å². The Bertz CT molecular complexity index is 702. The van der Waals surface area contributed by atoms with Crippen LogP contribution in [0.15, 0.2) is 54.9 Å². The minimum Gasteiger partial charge on any atom is -0.308 e. The fourth-order valence-electron chi connectivity index (χ4n) is 2.44. The summed E-state index contributed by atoms with van der Waals surface area (Å²) < 4.78 is 15.2. The van der Waals surface area contributed by atoms with Gasteiger partial charge in [0, 0.05) is 25.0 Å². The summed E-state index contributed by atoms with van der Waals surface area (Å²) in [5.41, 5.74) is 2.96. The molecule has 0 aliphatic heterocycles. The molecule has 21 heavy (non-hydrogen) atoms. The third-order valence-corrected chi connectivity index (χ3v) is 3.48. The van der Waals surface area contributed by atoms with Crippen molar-refractivity contribution in [2.75, 3.05) is 0 Å². The number of imidazole rings is 1. The number of hydrogen-bond donors (Lipinski definition) is 1. The smallest absolute Gasteiger partial charge is 0.137 e. The maximum absolute atomic E-state index is 13.2. The summed E-state index contributed by atoms with van der Waals surface area (Å²) in [6, 6.07) is 13.0. The van der Waals surface area contributed by atoms with Crippen LogP contribution in [0.5, 0.6) is 0 Å². The highest BCUT2D eigenvalue weighted by molar-refractivity contribution is 5.39. The van der Waals surface area contributed by atoms with Gasteiger partial charge < -0.3 is 9.72 Å². The number of nitrogens with one attached hydrogen (secondary N) is 1. The zero-order valence-electron chi connectivity index (χ0n) is 12.0. The van der Waals surface area contributed by atoms with E-state index in [1.54, 1.807) is 12.1 Å². The summed E-state index contributed by atoms with van der Waals surface area (Å²) in [5.74, 6) is -0.181. The van der Waals surface area contributed by atoms with E-state index in [2.05, 4.69) is 17.2 Å². The molecule has 1 unspecified atom stereocenters. The van der Waals surface area contributed by atoms with Crippen molar-refractivity contribution < 1.29 is 4.39 Å². The lowest BCUT2D eigenvalue weighted by atomic mass is 10.1. The molecule has 3 nitrogen and oxygen atoms in total. The van der Waals surface area contributed by atoms with Gasteiger partial charge in [-0.15, -0.1) is 0 Å². The number of fused-ring (bicyclic) bond motifs is 1. The van der Waals surface area contributed by atoms with Gasteiger partial charge in [0.05, 0.1) is 5.69 Å². The van der Waals surface area contributed by atoms with Crippen molar-refractivity contribution in [2.45, 2.75) is 25.9 Å². The molecular weight excluding hydrogens is 265 g/mol. The molecule has 1 aromatic carbocycles. The fourth-order valence-corrected chi connectivity index (χ4v) is 2.44. The number of hydrogen-bond acceptors (Lipinski definition) is 2. The number of rotatable bonds is 5. The first-order valence-corrected chi connectivity index (χ1v) is 7.11. The Hall–Kier alpha value is -2.20. The Morgan fingerprint density at radius 2 is 2.14 bits per heavy atom. The van der Waals surface area contributed by atoms with Gasteiger partial charge in [-0.1, -0.05) is 18.2 Å². The third kappa shape index (κ3) is 3.47. The molecule has 0 bridgehead atoms. The van der Waals surface area contributed by atoms with Crippen molar-refractivity contribution >= 4 is 5.65 Å². The molecule has 0 saturated carbocycles. The Balaban J connectivity index is 1.59. The van der Waals surface area contributed by atoms with Crippen molar-refractivity contribution in [3.8, 4) is 0 Å². The number of aromatic nitrogens is 2. The summed E-state index contributed by atoms with van der Waals surface area (Å²) in [7, 11) is 0. The summed E-state index contributed by atoms with van der Waals surface area (Å²) >= 11 is 0. The van der Waals surface area contributed by atoms with Crippen LogP contribution >= 0.6 is 0 Å². The molecule has 2 aromatic heterocycles. The van der Waals surface area contributed by atoms with Gasteiger partial charge in [-0.3, -0.25) is 0 Å². The number of halogens is 1. The van der Waals surface area contributed by atoms with Gasteiger partial charge in [-0.05, 0) is 43.2 Å². The van der Waals surface area contributed by atoms with Gasteiger partial charge in [0.1, 0.15) is 11.5 Å². The lowest BCUT2D eigenvalue weighted by Gasteiger charge is -2.12. The van der Waals surface area contributed by atoms with Crippen LogP contribution in [0.2, 0.25) is 0 Å². The predicted octanol–water partition coefficient (Wildman–Crippen LogP) is 3.19. The fraction of sp³-hybridized carbons (Fsp3) is 0.235. The molecule has 1 N–H and O–H groups in total. The van der Waals surface area contributed by atoms with Crippen molar-refractivity contribution in [3.05, 3.63) is 71.9 Å². The molecule has 0 aliphatic carbocycles. The highest BCUT2D eigenvalue weighted by Gasteiger charge is 2.06. The molecule has 3 rings (SSSR count). The molecule has 0 saturated heterocycles. The van der Waals surface area contributed by atoms with Gasteiger partial charge in [0.15, 0.2) is 0 Å². The second-order valence-electron chi connectivity index (χ2n) is 5.31. The van der Waals surface area contributed by atoms with E-state index in [9.17, 15) is 4.39 Å². The Morgan fingerprint density at radius 3 is 2.95 bits per heavy atom. The van der Waals surface area contributed by atoms with Crippen LogP contribution in [0.1, 0.15) is 18.2 Å². The van der Waals surface area contributed by atoms with E-state index < -0.39 is 0 Å². The van der Waals surface area contributed by atoms with Crippen LogP contribution in [-0.2, 0) is 13.0 Å². The maximum atomic E-state index is 13.2. The topological polar surface area (TPSA) is 29.3 Å². The first kappa shape index (κ1) is 13.8. The van der Waals surface area contributed by atoms with Gasteiger partial charge in [0.25, 0.3) is 0 Å². The van der Waals surface area contributed by atoms with Crippen molar-refractivity contribution in [1.29, 1.82) is 0 Å². The van der Waals surface area contributed by atoms with E-state index in [1.165, 1.54) is 6.07 Å². The second kappa shape index (κ2) is 6.06. The highest BCUT2D eigenvalue weighted by Crippen LogP contribution is 2.08. The average Bonchev–Trinajstić information content (AvgIpc) is 2.88. The second-order valence-corrected chi connectivity index (χ2v) is 5.31. The monoisotopic (exact) mass is 283 g/mol. The van der Waals surface area contributed by atoms with Gasteiger partial charge in [-0.25, -0.2) is 9.37 Å². The summed E-state index contributed by atoms with van der Waals surface area (Å²) in [4.78, 5) is 4.55. The first-order chi connectivity index (χ1) is 10.2. The summed E-state index contributed by atoms with van der Waals surface area (Å²) in [6.07, 6.45) is 4.81. The van der Waals surface area contributed by atoms with Crippen LogP contribution in [-0.4, -0.2) is 15.4 Å². The molecule has 108 valence electrons. The van der Waals surface area contributed by atoms with E-state index in [4.69, 9.17) is 0 Å². The van der Waals surface area contributed by atoms with Crippen molar-refractivity contribution in [1.82, 2.24) is 14.7 Å². The first-order valence-electron chi connectivity index (χ1n) is 7.11. The third-order valence-electron chi connectivity index (χ3n) is 3.48.